The van der Waals surface area contributed by atoms with Gasteiger partial charge in [-0.2, -0.15) is 0 Å². The van der Waals surface area contributed by atoms with Gasteiger partial charge in [-0.15, -0.1) is 0 Å². The molecule has 1 saturated heterocycles. The van der Waals surface area contributed by atoms with E-state index in [9.17, 15) is 14.4 Å². The molecule has 28 heavy (non-hydrogen) atoms. The quantitative estimate of drug-likeness (QED) is 0.414. The Morgan fingerprint density at radius 1 is 1.32 bits per heavy atom. The molecule has 1 aliphatic heterocycles. The first-order chi connectivity index (χ1) is 13.3. The molecule has 0 unspecified atom stereocenters. The molecule has 0 N–H and O–H groups in total. The maximum absolute atomic E-state index is 12.6. The topological polar surface area (TPSA) is 82.1 Å². The van der Waals surface area contributed by atoms with E-state index in [1.165, 1.54) is 7.11 Å². The van der Waals surface area contributed by atoms with Crippen molar-refractivity contribution in [1.29, 1.82) is 0 Å². The van der Waals surface area contributed by atoms with Crippen LogP contribution in [0.1, 0.15) is 32.8 Å². The summed E-state index contributed by atoms with van der Waals surface area (Å²) in [6.45, 7) is 5.57. The Morgan fingerprint density at radius 2 is 2.04 bits per heavy atom. The van der Waals surface area contributed by atoms with Gasteiger partial charge in [0.1, 0.15) is 6.54 Å². The van der Waals surface area contributed by atoms with Gasteiger partial charge in [-0.05, 0) is 71.7 Å². The Morgan fingerprint density at radius 3 is 2.64 bits per heavy atom. The summed E-state index contributed by atoms with van der Waals surface area (Å²) in [5, 5.41) is -0.505. The summed E-state index contributed by atoms with van der Waals surface area (Å²) in [6.07, 6.45) is 1.97. The second kappa shape index (κ2) is 9.97. The minimum Gasteiger partial charge on any atom is -0.493 e. The molecule has 1 aliphatic rings. The maximum Gasteiger partial charge on any atom is 0.326 e. The highest BCUT2D eigenvalue weighted by atomic mass is 79.9. The van der Waals surface area contributed by atoms with Crippen molar-refractivity contribution in [2.24, 2.45) is 0 Å². The molecule has 0 radical (unpaired) electrons. The van der Waals surface area contributed by atoms with Gasteiger partial charge in [0, 0.05) is 0 Å². The second-order valence-electron chi connectivity index (χ2n) is 5.94. The number of carbonyl (C=O) groups excluding carboxylic acids is 3. The van der Waals surface area contributed by atoms with Gasteiger partial charge in [0.2, 0.25) is 0 Å². The van der Waals surface area contributed by atoms with Gasteiger partial charge >= 0.3 is 5.97 Å². The molecule has 1 atom stereocenters. The fourth-order valence-electron chi connectivity index (χ4n) is 2.37. The van der Waals surface area contributed by atoms with E-state index in [2.05, 4.69) is 15.9 Å². The summed E-state index contributed by atoms with van der Waals surface area (Å²) < 4.78 is 16.7. The van der Waals surface area contributed by atoms with E-state index >= 15 is 0 Å². The van der Waals surface area contributed by atoms with E-state index in [-0.39, 0.29) is 11.0 Å². The van der Waals surface area contributed by atoms with Crippen molar-refractivity contribution < 1.29 is 28.6 Å². The largest absolute Gasteiger partial charge is 0.493 e. The molecule has 0 spiro atoms. The fraction of sp³-hybridized carbons (Fsp3) is 0.421. The Bertz CT molecular complexity index is 810. The van der Waals surface area contributed by atoms with Crippen molar-refractivity contribution in [1.82, 2.24) is 4.90 Å². The normalized spacial score (nSPS) is 16.5. The van der Waals surface area contributed by atoms with Gasteiger partial charge in [-0.1, -0.05) is 6.92 Å². The van der Waals surface area contributed by atoms with Gasteiger partial charge in [-0.25, -0.2) is 0 Å². The summed E-state index contributed by atoms with van der Waals surface area (Å²) in [4.78, 5) is 37.8. The lowest BCUT2D eigenvalue weighted by Gasteiger charge is -2.15. The van der Waals surface area contributed by atoms with Crippen molar-refractivity contribution in [3.8, 4) is 11.5 Å². The molecule has 1 fully saturated rings. The Kier molecular flexibility index (Phi) is 7.94. The highest BCUT2D eigenvalue weighted by Gasteiger charge is 2.37. The van der Waals surface area contributed by atoms with Gasteiger partial charge in [-0.3, -0.25) is 19.3 Å². The van der Waals surface area contributed by atoms with E-state index < -0.39 is 23.7 Å². The lowest BCUT2D eigenvalue weighted by molar-refractivity contribution is -0.150. The predicted molar refractivity (Wildman–Crippen MR) is 110 cm³/mol. The minimum absolute atomic E-state index is 0.222. The van der Waals surface area contributed by atoms with E-state index in [1.54, 1.807) is 25.1 Å². The van der Waals surface area contributed by atoms with Gasteiger partial charge < -0.3 is 14.2 Å². The summed E-state index contributed by atoms with van der Waals surface area (Å²) in [7, 11) is 1.52. The Balaban J connectivity index is 2.21. The number of rotatable bonds is 8. The second-order valence-corrected chi connectivity index (χ2v) is 7.79. The van der Waals surface area contributed by atoms with Crippen LogP contribution in [0.25, 0.3) is 6.08 Å². The van der Waals surface area contributed by atoms with Crippen LogP contribution in [-0.4, -0.2) is 48.4 Å². The molecule has 0 bridgehead atoms. The molecule has 7 nitrogen and oxygen atoms in total. The average Bonchev–Trinajstić information content (AvgIpc) is 2.90. The van der Waals surface area contributed by atoms with Crippen LogP contribution in [0.4, 0.5) is 4.79 Å². The van der Waals surface area contributed by atoms with Crippen LogP contribution < -0.4 is 9.47 Å². The molecule has 152 valence electrons. The lowest BCUT2D eigenvalue weighted by atomic mass is 10.2. The Hall–Kier alpha value is -2.00. The van der Waals surface area contributed by atoms with Crippen LogP contribution in [0.2, 0.25) is 0 Å². The summed E-state index contributed by atoms with van der Waals surface area (Å²) >= 11 is 4.21. The third kappa shape index (κ3) is 5.29. The van der Waals surface area contributed by atoms with Gasteiger partial charge in [0.25, 0.3) is 11.1 Å². The number of esters is 1. The number of hydrogen-bond donors (Lipinski definition) is 0. The first kappa shape index (κ1) is 22.3. The number of hydrogen-bond acceptors (Lipinski definition) is 7. The van der Waals surface area contributed by atoms with Crippen molar-refractivity contribution in [2.45, 2.75) is 33.3 Å². The van der Waals surface area contributed by atoms with Crippen molar-refractivity contribution in [3.05, 3.63) is 27.1 Å². The first-order valence-corrected chi connectivity index (χ1v) is 10.4. The average molecular weight is 472 g/mol. The maximum atomic E-state index is 12.6. The van der Waals surface area contributed by atoms with Crippen LogP contribution in [-0.2, 0) is 14.3 Å². The minimum atomic E-state index is -0.608. The number of methoxy groups -OCH3 is 1. The number of halogens is 1. The van der Waals surface area contributed by atoms with Crippen LogP contribution >= 0.6 is 27.7 Å². The smallest absolute Gasteiger partial charge is 0.326 e. The van der Waals surface area contributed by atoms with Crippen LogP contribution in [0.5, 0.6) is 11.5 Å². The third-order valence-electron chi connectivity index (χ3n) is 3.91. The predicted octanol–water partition coefficient (Wildman–Crippen LogP) is 4.23. The number of imide groups is 1. The molecule has 1 heterocycles. The monoisotopic (exact) mass is 471 g/mol. The number of nitrogens with zero attached hydrogens (tertiary/aromatic N) is 1. The zero-order valence-corrected chi connectivity index (χ0v) is 18.5. The van der Waals surface area contributed by atoms with E-state index in [0.29, 0.717) is 34.6 Å². The molecule has 2 rings (SSSR count). The molecule has 2 amide bonds. The van der Waals surface area contributed by atoms with E-state index in [4.69, 9.17) is 14.2 Å². The zero-order valence-electron chi connectivity index (χ0n) is 16.1. The van der Waals surface area contributed by atoms with Gasteiger partial charge in [0.15, 0.2) is 11.5 Å². The molecular formula is C19H22BrNO6S. The van der Waals surface area contributed by atoms with Crippen LogP contribution in [0, 0.1) is 0 Å². The fourth-order valence-corrected chi connectivity index (χ4v) is 3.78. The van der Waals surface area contributed by atoms with Crippen LogP contribution in [0.15, 0.2) is 21.5 Å². The Labute approximate surface area is 176 Å². The molecule has 0 aliphatic carbocycles. The SMILES string of the molecule is CCOc1c(Br)cc(/C=C2/SC(=O)N(CC(=O)O[C@@H](C)CC)C2=O)cc1OC. The number of amides is 2. The van der Waals surface area contributed by atoms with Crippen molar-refractivity contribution in [2.75, 3.05) is 20.3 Å². The standard InChI is InChI=1S/C19H22BrNO6S/c1-5-11(3)27-16(22)10-21-18(23)15(28-19(21)24)9-12-7-13(20)17(26-6-2)14(8-12)25-4/h7-9,11H,5-6,10H2,1-4H3/b15-9+/t11-/m0/s1. The molecule has 1 aromatic carbocycles. The molecule has 0 aromatic heterocycles. The zero-order chi connectivity index (χ0) is 20.8. The lowest BCUT2D eigenvalue weighted by Crippen LogP contribution is -2.35. The summed E-state index contributed by atoms with van der Waals surface area (Å²) in [5.74, 6) is -0.0784. The van der Waals surface area contributed by atoms with Crippen LogP contribution in [0.3, 0.4) is 0 Å². The van der Waals surface area contributed by atoms with Crippen molar-refractivity contribution >= 4 is 50.9 Å². The van der Waals surface area contributed by atoms with Crippen molar-refractivity contribution in [3.63, 3.8) is 0 Å². The first-order valence-electron chi connectivity index (χ1n) is 8.75. The third-order valence-corrected chi connectivity index (χ3v) is 5.40. The van der Waals surface area contributed by atoms with E-state index in [1.807, 2.05) is 13.8 Å². The number of thioether (sulfide) groups is 1. The molecule has 1 aromatic rings. The van der Waals surface area contributed by atoms with Gasteiger partial charge in [0.05, 0.1) is 29.2 Å². The summed E-state index contributed by atoms with van der Waals surface area (Å²) in [5.41, 5.74) is 0.653. The highest BCUT2D eigenvalue weighted by molar-refractivity contribution is 9.10. The number of benzene rings is 1. The van der Waals surface area contributed by atoms with E-state index in [0.717, 1.165) is 16.7 Å². The molecule has 9 heteroatoms. The summed E-state index contributed by atoms with van der Waals surface area (Å²) in [6, 6.07) is 3.47. The highest BCUT2D eigenvalue weighted by Crippen LogP contribution is 2.39. The number of carbonyl (C=O) groups is 3. The molecular weight excluding hydrogens is 450 g/mol. The molecule has 0 saturated carbocycles. The number of ether oxygens (including phenoxy) is 3.